The van der Waals surface area contributed by atoms with Crippen molar-refractivity contribution in [1.29, 1.82) is 0 Å². The van der Waals surface area contributed by atoms with E-state index in [2.05, 4.69) is 48.7 Å². The average Bonchev–Trinajstić information content (AvgIpc) is 3.26. The molecule has 2 unspecified atom stereocenters. The molecule has 2 atom stereocenters. The van der Waals surface area contributed by atoms with E-state index in [0.29, 0.717) is 6.54 Å². The molecular weight excluding hydrogens is 392 g/mol. The summed E-state index contributed by atoms with van der Waals surface area (Å²) in [7, 11) is 0. The van der Waals surface area contributed by atoms with Crippen molar-refractivity contribution < 1.29 is 4.79 Å². The van der Waals surface area contributed by atoms with Crippen LogP contribution in [-0.2, 0) is 4.79 Å². The number of halogens is 1. The van der Waals surface area contributed by atoms with Gasteiger partial charge in [-0.25, -0.2) is 0 Å². The number of carbonyl (C=O) groups excluding carboxylic acids is 1. The number of hydrogen-bond donors (Lipinski definition) is 4. The standard InChI is InChI=1S/C20H17BrN4O/c21-11-5-6-13-14(8-23-17(13)7-11)18-10-24-20(26)19(25-18)15-9-22-16-4-2-1-3-12(15)16/h1-9,18-19,22-23,25H,10H2,(H,24,26). The third-order valence-corrected chi connectivity index (χ3v) is 5.59. The number of aromatic nitrogens is 2. The van der Waals surface area contributed by atoms with E-state index in [1.54, 1.807) is 0 Å². The van der Waals surface area contributed by atoms with E-state index in [0.717, 1.165) is 32.0 Å². The molecule has 5 nitrogen and oxygen atoms in total. The van der Waals surface area contributed by atoms with Crippen LogP contribution in [0.5, 0.6) is 0 Å². The van der Waals surface area contributed by atoms with Crippen molar-refractivity contribution in [2.45, 2.75) is 12.1 Å². The molecule has 0 aliphatic carbocycles. The van der Waals surface area contributed by atoms with Crippen LogP contribution in [0, 0.1) is 0 Å². The smallest absolute Gasteiger partial charge is 0.241 e. The Morgan fingerprint density at radius 2 is 1.69 bits per heavy atom. The Morgan fingerprint density at radius 3 is 2.62 bits per heavy atom. The van der Waals surface area contributed by atoms with E-state index in [9.17, 15) is 4.79 Å². The van der Waals surface area contributed by atoms with Crippen molar-refractivity contribution in [2.75, 3.05) is 6.54 Å². The Kier molecular flexibility index (Phi) is 3.62. The number of para-hydroxylation sites is 1. The number of carbonyl (C=O) groups is 1. The minimum Gasteiger partial charge on any atom is -0.361 e. The molecule has 0 saturated carbocycles. The molecule has 4 aromatic rings. The van der Waals surface area contributed by atoms with Crippen LogP contribution in [0.2, 0.25) is 0 Å². The second kappa shape index (κ2) is 6.00. The first-order valence-electron chi connectivity index (χ1n) is 8.57. The van der Waals surface area contributed by atoms with Crippen molar-refractivity contribution in [3.63, 3.8) is 0 Å². The first-order valence-corrected chi connectivity index (χ1v) is 9.36. The summed E-state index contributed by atoms with van der Waals surface area (Å²) in [5.74, 6) is 0.00795. The van der Waals surface area contributed by atoms with E-state index in [-0.39, 0.29) is 18.0 Å². The largest absolute Gasteiger partial charge is 0.361 e. The van der Waals surface area contributed by atoms with Gasteiger partial charge in [0.25, 0.3) is 0 Å². The van der Waals surface area contributed by atoms with Gasteiger partial charge in [0.15, 0.2) is 0 Å². The van der Waals surface area contributed by atoms with Gasteiger partial charge in [-0.1, -0.05) is 40.2 Å². The summed E-state index contributed by atoms with van der Waals surface area (Å²) in [6.07, 6.45) is 3.95. The maximum absolute atomic E-state index is 12.6. The predicted octanol–water partition coefficient (Wildman–Crippen LogP) is 3.91. The summed E-state index contributed by atoms with van der Waals surface area (Å²) in [4.78, 5) is 19.1. The van der Waals surface area contributed by atoms with Crippen molar-refractivity contribution in [3.8, 4) is 0 Å². The molecule has 4 N–H and O–H groups in total. The number of rotatable bonds is 2. The van der Waals surface area contributed by atoms with Crippen LogP contribution in [0.3, 0.4) is 0 Å². The van der Waals surface area contributed by atoms with Crippen molar-refractivity contribution in [1.82, 2.24) is 20.6 Å². The number of H-pyrrole nitrogens is 2. The Labute approximate surface area is 158 Å². The van der Waals surface area contributed by atoms with Gasteiger partial charge in [0.2, 0.25) is 5.91 Å². The number of hydrogen-bond acceptors (Lipinski definition) is 2. The molecule has 0 bridgehead atoms. The van der Waals surface area contributed by atoms with Gasteiger partial charge < -0.3 is 15.3 Å². The number of nitrogens with one attached hydrogen (secondary N) is 4. The zero-order chi connectivity index (χ0) is 17.7. The van der Waals surface area contributed by atoms with Crippen molar-refractivity contribution in [2.24, 2.45) is 0 Å². The number of aromatic amines is 2. The van der Waals surface area contributed by atoms with Gasteiger partial charge in [0.1, 0.15) is 6.04 Å². The van der Waals surface area contributed by atoms with E-state index < -0.39 is 0 Å². The van der Waals surface area contributed by atoms with Crippen LogP contribution in [0.15, 0.2) is 59.3 Å². The molecule has 0 spiro atoms. The highest BCUT2D eigenvalue weighted by molar-refractivity contribution is 9.10. The zero-order valence-corrected chi connectivity index (χ0v) is 15.4. The first kappa shape index (κ1) is 15.7. The topological polar surface area (TPSA) is 72.7 Å². The normalized spacial score (nSPS) is 20.6. The molecule has 130 valence electrons. The minimum absolute atomic E-state index is 0.00795. The fourth-order valence-corrected chi connectivity index (χ4v) is 4.17. The van der Waals surface area contributed by atoms with Crippen LogP contribution < -0.4 is 10.6 Å². The molecule has 1 amide bonds. The molecule has 2 aromatic heterocycles. The lowest BCUT2D eigenvalue weighted by atomic mass is 9.98. The second-order valence-corrected chi connectivity index (χ2v) is 7.54. The first-order chi connectivity index (χ1) is 12.7. The van der Waals surface area contributed by atoms with Gasteiger partial charge in [0.05, 0.1) is 6.04 Å². The third-order valence-electron chi connectivity index (χ3n) is 5.09. The van der Waals surface area contributed by atoms with Gasteiger partial charge in [-0.05, 0) is 23.8 Å². The second-order valence-electron chi connectivity index (χ2n) is 6.62. The molecule has 1 aliphatic heterocycles. The highest BCUT2D eigenvalue weighted by atomic mass is 79.9. The van der Waals surface area contributed by atoms with Crippen LogP contribution in [0.1, 0.15) is 23.2 Å². The van der Waals surface area contributed by atoms with Crippen molar-refractivity contribution in [3.05, 3.63) is 70.5 Å². The van der Waals surface area contributed by atoms with E-state index in [1.807, 2.05) is 42.7 Å². The Bertz CT molecular complexity index is 1130. The third kappa shape index (κ3) is 2.45. The van der Waals surface area contributed by atoms with Gasteiger partial charge >= 0.3 is 0 Å². The van der Waals surface area contributed by atoms with E-state index in [4.69, 9.17) is 0 Å². The van der Waals surface area contributed by atoms with Crippen LogP contribution in [0.25, 0.3) is 21.8 Å². The number of piperazine rings is 1. The highest BCUT2D eigenvalue weighted by Gasteiger charge is 2.32. The van der Waals surface area contributed by atoms with Gasteiger partial charge in [-0.2, -0.15) is 0 Å². The lowest BCUT2D eigenvalue weighted by Crippen LogP contribution is -2.49. The fourth-order valence-electron chi connectivity index (χ4n) is 3.81. The number of benzene rings is 2. The molecular formula is C20H17BrN4O. The summed E-state index contributed by atoms with van der Waals surface area (Å²) < 4.78 is 1.04. The van der Waals surface area contributed by atoms with E-state index >= 15 is 0 Å². The molecule has 6 heteroatoms. The Morgan fingerprint density at radius 1 is 0.923 bits per heavy atom. The Balaban J connectivity index is 1.53. The minimum atomic E-state index is -0.384. The summed E-state index contributed by atoms with van der Waals surface area (Å²) in [5.41, 5.74) is 4.26. The maximum Gasteiger partial charge on any atom is 0.241 e. The molecule has 1 aliphatic rings. The monoisotopic (exact) mass is 408 g/mol. The van der Waals surface area contributed by atoms with Crippen molar-refractivity contribution >= 4 is 43.6 Å². The van der Waals surface area contributed by atoms with Crippen LogP contribution in [-0.4, -0.2) is 22.4 Å². The summed E-state index contributed by atoms with van der Waals surface area (Å²) in [6, 6.07) is 13.9. The lowest BCUT2D eigenvalue weighted by Gasteiger charge is -2.31. The highest BCUT2D eigenvalue weighted by Crippen LogP contribution is 2.32. The van der Waals surface area contributed by atoms with Gasteiger partial charge in [-0.15, -0.1) is 0 Å². The quantitative estimate of drug-likeness (QED) is 0.405. The predicted molar refractivity (Wildman–Crippen MR) is 106 cm³/mol. The average molecular weight is 409 g/mol. The van der Waals surface area contributed by atoms with Crippen LogP contribution in [0.4, 0.5) is 0 Å². The zero-order valence-electron chi connectivity index (χ0n) is 13.8. The molecule has 1 saturated heterocycles. The SMILES string of the molecule is O=C1NCC(c2c[nH]c3cc(Br)ccc23)NC1c1c[nH]c2ccccc12. The summed E-state index contributed by atoms with van der Waals surface area (Å²) in [6.45, 7) is 0.570. The summed E-state index contributed by atoms with van der Waals surface area (Å²) in [5, 5.41) is 8.84. The number of fused-ring (bicyclic) bond motifs is 2. The van der Waals surface area contributed by atoms with E-state index in [1.165, 1.54) is 5.39 Å². The summed E-state index contributed by atoms with van der Waals surface area (Å²) >= 11 is 3.51. The van der Waals surface area contributed by atoms with Gasteiger partial charge in [-0.3, -0.25) is 10.1 Å². The molecule has 0 radical (unpaired) electrons. The number of amides is 1. The lowest BCUT2D eigenvalue weighted by molar-refractivity contribution is -0.125. The van der Waals surface area contributed by atoms with Gasteiger partial charge in [0, 0.05) is 50.8 Å². The maximum atomic E-state index is 12.6. The Hall–Kier alpha value is -2.57. The molecule has 2 aromatic carbocycles. The van der Waals surface area contributed by atoms with Crippen LogP contribution >= 0.6 is 15.9 Å². The molecule has 3 heterocycles. The molecule has 5 rings (SSSR count). The molecule has 26 heavy (non-hydrogen) atoms. The fraction of sp³-hybridized carbons (Fsp3) is 0.150. The molecule has 1 fully saturated rings.